The highest BCUT2D eigenvalue weighted by Crippen LogP contribution is 2.19. The van der Waals surface area contributed by atoms with Crippen LogP contribution in [0.4, 0.5) is 11.5 Å². The molecule has 0 radical (unpaired) electrons. The molecule has 2 heterocycles. The standard InChI is InChI=1S/C18H20N4O3/c23-18(12-15-5-1-2-6-16(15)22(24)25)20-13-14-7-8-19-17(11-14)21-9-3-4-10-21/h1-2,5-8,11H,3-4,9-10,12-13H2,(H,20,23). The minimum atomic E-state index is -0.464. The summed E-state index contributed by atoms with van der Waals surface area (Å²) < 4.78 is 0. The Morgan fingerprint density at radius 3 is 2.76 bits per heavy atom. The fourth-order valence-electron chi connectivity index (χ4n) is 2.96. The van der Waals surface area contributed by atoms with Gasteiger partial charge in [-0.05, 0) is 30.5 Å². The fraction of sp³-hybridized carbons (Fsp3) is 0.333. The predicted octanol–water partition coefficient (Wildman–Crippen LogP) is 2.45. The number of nitro groups is 1. The molecule has 0 atom stereocenters. The van der Waals surface area contributed by atoms with E-state index in [1.807, 2.05) is 12.1 Å². The highest BCUT2D eigenvalue weighted by molar-refractivity contribution is 5.79. The smallest absolute Gasteiger partial charge is 0.273 e. The molecular weight excluding hydrogens is 320 g/mol. The summed E-state index contributed by atoms with van der Waals surface area (Å²) in [6.45, 7) is 2.41. The van der Waals surface area contributed by atoms with Gasteiger partial charge in [0.2, 0.25) is 5.91 Å². The van der Waals surface area contributed by atoms with E-state index < -0.39 is 4.92 Å². The maximum atomic E-state index is 12.1. The molecule has 25 heavy (non-hydrogen) atoms. The van der Waals surface area contributed by atoms with Crippen molar-refractivity contribution in [3.8, 4) is 0 Å². The molecule has 1 N–H and O–H groups in total. The van der Waals surface area contributed by atoms with Gasteiger partial charge in [-0.15, -0.1) is 0 Å². The topological polar surface area (TPSA) is 88.4 Å². The Morgan fingerprint density at radius 1 is 1.24 bits per heavy atom. The third-order valence-electron chi connectivity index (χ3n) is 4.27. The second kappa shape index (κ2) is 7.74. The summed E-state index contributed by atoms with van der Waals surface area (Å²) in [5.41, 5.74) is 1.35. The highest BCUT2D eigenvalue weighted by atomic mass is 16.6. The van der Waals surface area contributed by atoms with Gasteiger partial charge in [0.1, 0.15) is 5.82 Å². The van der Waals surface area contributed by atoms with Gasteiger partial charge in [0.05, 0.1) is 11.3 Å². The molecule has 1 fully saturated rings. The monoisotopic (exact) mass is 340 g/mol. The number of carbonyl (C=O) groups is 1. The van der Waals surface area contributed by atoms with Crippen molar-refractivity contribution in [3.63, 3.8) is 0 Å². The molecule has 7 heteroatoms. The zero-order valence-electron chi connectivity index (χ0n) is 13.9. The van der Waals surface area contributed by atoms with Crippen LogP contribution in [0.5, 0.6) is 0 Å². The van der Waals surface area contributed by atoms with Crippen LogP contribution >= 0.6 is 0 Å². The quantitative estimate of drug-likeness (QED) is 0.644. The van der Waals surface area contributed by atoms with Crippen molar-refractivity contribution in [3.05, 3.63) is 63.8 Å². The van der Waals surface area contributed by atoms with Crippen LogP contribution in [0.15, 0.2) is 42.6 Å². The predicted molar refractivity (Wildman–Crippen MR) is 94.3 cm³/mol. The average molecular weight is 340 g/mol. The Kier molecular flexibility index (Phi) is 5.23. The molecule has 0 saturated carbocycles. The first kappa shape index (κ1) is 16.9. The molecule has 1 aromatic carbocycles. The third kappa shape index (κ3) is 4.32. The van der Waals surface area contributed by atoms with Gasteiger partial charge in [-0.2, -0.15) is 0 Å². The second-order valence-electron chi connectivity index (χ2n) is 6.06. The first-order valence-electron chi connectivity index (χ1n) is 8.32. The van der Waals surface area contributed by atoms with Crippen molar-refractivity contribution in [1.29, 1.82) is 0 Å². The summed E-state index contributed by atoms with van der Waals surface area (Å²) in [5, 5.41) is 13.8. The molecule has 0 unspecified atom stereocenters. The number of hydrogen-bond acceptors (Lipinski definition) is 5. The van der Waals surface area contributed by atoms with Gasteiger partial charge < -0.3 is 10.2 Å². The number of hydrogen-bond donors (Lipinski definition) is 1. The number of carbonyl (C=O) groups excluding carboxylic acids is 1. The number of nitrogens with zero attached hydrogens (tertiary/aromatic N) is 3. The van der Waals surface area contributed by atoms with Crippen molar-refractivity contribution in [1.82, 2.24) is 10.3 Å². The van der Waals surface area contributed by atoms with E-state index in [2.05, 4.69) is 15.2 Å². The van der Waals surface area contributed by atoms with E-state index in [-0.39, 0.29) is 18.0 Å². The van der Waals surface area contributed by atoms with E-state index in [0.717, 1.165) is 24.5 Å². The average Bonchev–Trinajstić information content (AvgIpc) is 3.15. The Hall–Kier alpha value is -2.96. The molecule has 0 aliphatic carbocycles. The maximum Gasteiger partial charge on any atom is 0.273 e. The van der Waals surface area contributed by atoms with Gasteiger partial charge in [-0.1, -0.05) is 18.2 Å². The number of nitro benzene ring substituents is 1. The molecule has 1 aromatic heterocycles. The summed E-state index contributed by atoms with van der Waals surface area (Å²) in [7, 11) is 0. The van der Waals surface area contributed by atoms with Gasteiger partial charge >= 0.3 is 0 Å². The molecule has 3 rings (SSSR count). The molecule has 2 aromatic rings. The van der Waals surface area contributed by atoms with Crippen LogP contribution in [0, 0.1) is 10.1 Å². The Bertz CT molecular complexity index is 772. The first-order valence-corrected chi connectivity index (χ1v) is 8.32. The molecule has 130 valence electrons. The van der Waals surface area contributed by atoms with Crippen LogP contribution in [0.1, 0.15) is 24.0 Å². The molecule has 1 saturated heterocycles. The Morgan fingerprint density at radius 2 is 2.00 bits per heavy atom. The first-order chi connectivity index (χ1) is 12.1. The number of anilines is 1. The van der Waals surface area contributed by atoms with Gasteiger partial charge in [-0.3, -0.25) is 14.9 Å². The van der Waals surface area contributed by atoms with E-state index in [9.17, 15) is 14.9 Å². The molecule has 0 spiro atoms. The van der Waals surface area contributed by atoms with Crippen LogP contribution in [0.2, 0.25) is 0 Å². The minimum absolute atomic E-state index is 0.0127. The van der Waals surface area contributed by atoms with Gasteiger partial charge in [0.15, 0.2) is 0 Å². The van der Waals surface area contributed by atoms with E-state index in [1.165, 1.54) is 18.9 Å². The summed E-state index contributed by atoms with van der Waals surface area (Å²) in [4.78, 5) is 29.3. The molecule has 0 bridgehead atoms. The SMILES string of the molecule is O=C(Cc1ccccc1[N+](=O)[O-])NCc1ccnc(N2CCCC2)c1. The zero-order chi connectivity index (χ0) is 17.6. The normalized spacial score (nSPS) is 13.7. The van der Waals surface area contributed by atoms with Crippen molar-refractivity contribution >= 4 is 17.4 Å². The van der Waals surface area contributed by atoms with E-state index in [4.69, 9.17) is 0 Å². The largest absolute Gasteiger partial charge is 0.357 e. The van der Waals surface area contributed by atoms with Crippen LogP contribution in [0.25, 0.3) is 0 Å². The lowest BCUT2D eigenvalue weighted by molar-refractivity contribution is -0.385. The molecule has 1 aliphatic heterocycles. The summed E-state index contributed by atoms with van der Waals surface area (Å²) >= 11 is 0. The summed E-state index contributed by atoms with van der Waals surface area (Å²) in [6, 6.07) is 10.2. The highest BCUT2D eigenvalue weighted by Gasteiger charge is 2.16. The number of para-hydroxylation sites is 1. The Labute approximate surface area is 145 Å². The number of pyridine rings is 1. The fourth-order valence-corrected chi connectivity index (χ4v) is 2.96. The number of rotatable bonds is 6. The number of amides is 1. The van der Waals surface area contributed by atoms with Gasteiger partial charge in [0, 0.05) is 37.5 Å². The lowest BCUT2D eigenvalue weighted by atomic mass is 10.1. The summed E-state index contributed by atoms with van der Waals surface area (Å²) in [5.74, 6) is 0.691. The van der Waals surface area contributed by atoms with Crippen molar-refractivity contribution in [2.75, 3.05) is 18.0 Å². The lowest BCUT2D eigenvalue weighted by Gasteiger charge is -2.17. The number of benzene rings is 1. The zero-order valence-corrected chi connectivity index (χ0v) is 13.9. The van der Waals surface area contributed by atoms with Crippen LogP contribution < -0.4 is 10.2 Å². The lowest BCUT2D eigenvalue weighted by Crippen LogP contribution is -2.25. The van der Waals surface area contributed by atoms with Crippen LogP contribution in [0.3, 0.4) is 0 Å². The van der Waals surface area contributed by atoms with Gasteiger partial charge in [-0.25, -0.2) is 4.98 Å². The van der Waals surface area contributed by atoms with Crippen molar-refractivity contribution in [2.45, 2.75) is 25.8 Å². The summed E-state index contributed by atoms with van der Waals surface area (Å²) in [6.07, 6.45) is 4.09. The number of aromatic nitrogens is 1. The third-order valence-corrected chi connectivity index (χ3v) is 4.27. The number of nitrogens with one attached hydrogen (secondary N) is 1. The minimum Gasteiger partial charge on any atom is -0.357 e. The van der Waals surface area contributed by atoms with Crippen molar-refractivity contribution < 1.29 is 9.72 Å². The maximum absolute atomic E-state index is 12.1. The van der Waals surface area contributed by atoms with Gasteiger partial charge in [0.25, 0.3) is 5.69 Å². The van der Waals surface area contributed by atoms with E-state index in [0.29, 0.717) is 12.1 Å². The van der Waals surface area contributed by atoms with Crippen molar-refractivity contribution in [2.24, 2.45) is 0 Å². The van der Waals surface area contributed by atoms with Crippen LogP contribution in [-0.4, -0.2) is 28.9 Å². The molecule has 7 nitrogen and oxygen atoms in total. The molecule has 1 aliphatic rings. The Balaban J connectivity index is 1.59. The van der Waals surface area contributed by atoms with E-state index >= 15 is 0 Å². The van der Waals surface area contributed by atoms with Crippen LogP contribution in [-0.2, 0) is 17.8 Å². The molecule has 1 amide bonds. The molecular formula is C18H20N4O3. The van der Waals surface area contributed by atoms with E-state index in [1.54, 1.807) is 24.4 Å². The second-order valence-corrected chi connectivity index (χ2v) is 6.06.